The van der Waals surface area contributed by atoms with E-state index in [1.807, 2.05) is 37.3 Å². The average molecular weight is 430 g/mol. The van der Waals surface area contributed by atoms with Gasteiger partial charge in [-0.25, -0.2) is 18.6 Å². The monoisotopic (exact) mass is 430 g/mol. The minimum atomic E-state index is -2.53. The second-order valence-electron chi connectivity index (χ2n) is 7.48. The molecule has 2 aromatic heterocycles. The Morgan fingerprint density at radius 2 is 2.13 bits per heavy atom. The van der Waals surface area contributed by atoms with Gasteiger partial charge in [0.2, 0.25) is 5.88 Å². The Morgan fingerprint density at radius 1 is 1.35 bits per heavy atom. The zero-order valence-electron chi connectivity index (χ0n) is 17.2. The molecule has 164 valence electrons. The van der Waals surface area contributed by atoms with E-state index >= 15 is 0 Å². The van der Waals surface area contributed by atoms with Gasteiger partial charge in [0.15, 0.2) is 0 Å². The number of likely N-dealkylation sites (tertiary alicyclic amines) is 1. The number of fused-ring (bicyclic) bond motifs is 1. The van der Waals surface area contributed by atoms with E-state index in [-0.39, 0.29) is 0 Å². The van der Waals surface area contributed by atoms with Crippen LogP contribution in [0.15, 0.2) is 42.6 Å². The fraction of sp³-hybridized carbons (Fsp3) is 0.381. The van der Waals surface area contributed by atoms with E-state index in [1.54, 1.807) is 24.2 Å². The summed E-state index contributed by atoms with van der Waals surface area (Å²) < 4.78 is 33.0. The fourth-order valence-electron chi connectivity index (χ4n) is 4.17. The molecule has 31 heavy (non-hydrogen) atoms. The molecule has 1 aliphatic rings. The highest BCUT2D eigenvalue weighted by atomic mass is 19.3. The van der Waals surface area contributed by atoms with Crippen LogP contribution in [0.4, 0.5) is 19.4 Å². The molecule has 10 heteroatoms. The van der Waals surface area contributed by atoms with Gasteiger partial charge in [0, 0.05) is 24.7 Å². The predicted molar refractivity (Wildman–Crippen MR) is 113 cm³/mol. The summed E-state index contributed by atoms with van der Waals surface area (Å²) in [6, 6.07) is 8.76. The predicted octanol–water partition coefficient (Wildman–Crippen LogP) is 3.21. The lowest BCUT2D eigenvalue weighted by Gasteiger charge is -2.26. The van der Waals surface area contributed by atoms with Crippen LogP contribution in [0.2, 0.25) is 0 Å². The topological polar surface area (TPSA) is 95.2 Å². The molecule has 0 radical (unpaired) electrons. The van der Waals surface area contributed by atoms with Crippen molar-refractivity contribution >= 4 is 22.8 Å². The van der Waals surface area contributed by atoms with Crippen LogP contribution < -0.4 is 15.4 Å². The lowest BCUT2D eigenvalue weighted by atomic mass is 9.88. The van der Waals surface area contributed by atoms with Crippen molar-refractivity contribution < 1.29 is 18.3 Å². The number of aromatic nitrogens is 3. The zero-order valence-corrected chi connectivity index (χ0v) is 17.2. The normalized spacial score (nSPS) is 21.5. The number of likely N-dealkylation sites (N-methyl/N-ethyl adjacent to an activating group) is 1. The number of aromatic amines is 1. The molecule has 0 aliphatic carbocycles. The van der Waals surface area contributed by atoms with Gasteiger partial charge in [-0.1, -0.05) is 30.3 Å². The van der Waals surface area contributed by atoms with Crippen LogP contribution in [0.1, 0.15) is 18.4 Å². The number of hydrogen-bond acceptors (Lipinski definition) is 5. The van der Waals surface area contributed by atoms with Crippen LogP contribution in [0.3, 0.4) is 0 Å². The summed E-state index contributed by atoms with van der Waals surface area (Å²) in [6.45, 7) is 2.64. The smallest absolute Gasteiger partial charge is 0.320 e. The van der Waals surface area contributed by atoms with E-state index < -0.39 is 30.5 Å². The highest BCUT2D eigenvalue weighted by molar-refractivity contribution is 5.92. The Morgan fingerprint density at radius 3 is 2.84 bits per heavy atom. The number of benzene rings is 1. The van der Waals surface area contributed by atoms with Gasteiger partial charge in [-0.15, -0.1) is 5.10 Å². The molecule has 1 fully saturated rings. The molecule has 3 atom stereocenters. The Bertz CT molecular complexity index is 1040. The molecule has 3 aromatic rings. The van der Waals surface area contributed by atoms with E-state index in [1.165, 1.54) is 0 Å². The number of ether oxygens (including phenoxy) is 1. The van der Waals surface area contributed by atoms with E-state index in [9.17, 15) is 13.6 Å². The Balaban J connectivity index is 1.50. The van der Waals surface area contributed by atoms with Crippen LogP contribution >= 0.6 is 0 Å². The summed E-state index contributed by atoms with van der Waals surface area (Å²) in [7, 11) is 1.65. The molecular formula is C21H24F2N6O2. The van der Waals surface area contributed by atoms with Crippen molar-refractivity contribution in [3.63, 3.8) is 0 Å². The summed E-state index contributed by atoms with van der Waals surface area (Å²) in [5, 5.41) is 13.1. The number of nitrogens with one attached hydrogen (secondary N) is 3. The summed E-state index contributed by atoms with van der Waals surface area (Å²) >= 11 is 0. The number of urea groups is 1. The minimum absolute atomic E-state index is 0.310. The van der Waals surface area contributed by atoms with Gasteiger partial charge in [0.1, 0.15) is 5.82 Å². The van der Waals surface area contributed by atoms with Crippen LogP contribution in [-0.2, 0) is 0 Å². The molecule has 0 spiro atoms. The van der Waals surface area contributed by atoms with Crippen molar-refractivity contribution in [2.24, 2.45) is 0 Å². The maximum Gasteiger partial charge on any atom is 0.320 e. The molecule has 8 nitrogen and oxygen atoms in total. The lowest BCUT2D eigenvalue weighted by molar-refractivity contribution is 0.0512. The first kappa shape index (κ1) is 21.0. The highest BCUT2D eigenvalue weighted by Crippen LogP contribution is 2.36. The third kappa shape index (κ3) is 4.29. The van der Waals surface area contributed by atoms with Crippen molar-refractivity contribution in [1.29, 1.82) is 0 Å². The summed E-state index contributed by atoms with van der Waals surface area (Å²) in [5.41, 5.74) is 1.43. The number of nitrogens with zero attached hydrogens (tertiary/aromatic N) is 3. The van der Waals surface area contributed by atoms with Gasteiger partial charge in [-0.3, -0.25) is 15.3 Å². The van der Waals surface area contributed by atoms with E-state index in [0.717, 1.165) is 5.56 Å². The minimum Gasteiger partial charge on any atom is -0.476 e. The van der Waals surface area contributed by atoms with Gasteiger partial charge >= 0.3 is 6.03 Å². The number of carbonyl (C=O) groups is 1. The van der Waals surface area contributed by atoms with Crippen molar-refractivity contribution in [3.05, 3.63) is 48.2 Å². The summed E-state index contributed by atoms with van der Waals surface area (Å²) in [5.74, 6) is 0.220. The number of carbonyl (C=O) groups excluding carboxylic acids is 1. The van der Waals surface area contributed by atoms with Crippen molar-refractivity contribution in [1.82, 2.24) is 25.4 Å². The largest absolute Gasteiger partial charge is 0.476 e. The maximum atomic E-state index is 13.8. The van der Waals surface area contributed by atoms with Crippen LogP contribution in [0, 0.1) is 0 Å². The maximum absolute atomic E-state index is 13.8. The molecule has 3 heterocycles. The SMILES string of the molecule is CCOc1n[nH]c2cc(NC(=O)N[C@@H]3CN(C)C(C(F)F)C3c3ccccc3)ncc12. The molecule has 1 saturated heterocycles. The Hall–Kier alpha value is -3.27. The molecule has 4 rings (SSSR count). The third-order valence-corrected chi connectivity index (χ3v) is 5.49. The number of hydrogen-bond donors (Lipinski definition) is 3. The zero-order chi connectivity index (χ0) is 22.0. The van der Waals surface area contributed by atoms with E-state index in [4.69, 9.17) is 4.74 Å². The van der Waals surface area contributed by atoms with Gasteiger partial charge in [0.25, 0.3) is 6.43 Å². The van der Waals surface area contributed by atoms with Crippen molar-refractivity contribution in [3.8, 4) is 5.88 Å². The highest BCUT2D eigenvalue weighted by Gasteiger charge is 2.46. The van der Waals surface area contributed by atoms with E-state index in [2.05, 4.69) is 25.8 Å². The lowest BCUT2D eigenvalue weighted by Crippen LogP contribution is -2.43. The van der Waals surface area contributed by atoms with Gasteiger partial charge in [-0.2, -0.15) is 0 Å². The van der Waals surface area contributed by atoms with Crippen LogP contribution in [0.5, 0.6) is 5.88 Å². The first-order valence-electron chi connectivity index (χ1n) is 10.1. The molecule has 3 N–H and O–H groups in total. The van der Waals surface area contributed by atoms with Gasteiger partial charge in [-0.05, 0) is 19.5 Å². The van der Waals surface area contributed by atoms with Gasteiger partial charge < -0.3 is 10.1 Å². The molecule has 2 amide bonds. The summed E-state index contributed by atoms with van der Waals surface area (Å²) in [4.78, 5) is 18.5. The Kier molecular flexibility index (Phi) is 5.99. The van der Waals surface area contributed by atoms with Crippen LogP contribution in [0.25, 0.3) is 10.9 Å². The molecule has 0 bridgehead atoms. The molecule has 1 aliphatic heterocycles. The van der Waals surface area contributed by atoms with Crippen molar-refractivity contribution in [2.75, 3.05) is 25.5 Å². The van der Waals surface area contributed by atoms with Crippen molar-refractivity contribution in [2.45, 2.75) is 31.4 Å². The first-order chi connectivity index (χ1) is 15.0. The molecule has 1 aromatic carbocycles. The fourth-order valence-corrected chi connectivity index (χ4v) is 4.17. The standard InChI is InChI=1S/C21H24F2N6O2/c1-3-31-20-13-10-24-16(9-14(13)27-28-20)26-21(30)25-15-11-29(2)18(19(22)23)17(15)12-7-5-4-6-8-12/h4-10,15,17-19H,3,11H2,1-2H3,(H,27,28)(H2,24,25,26,30)/t15-,17?,18?/m1/s1. The quantitative estimate of drug-likeness (QED) is 0.558. The summed E-state index contributed by atoms with van der Waals surface area (Å²) in [6.07, 6.45) is -0.975. The number of halogens is 2. The second kappa shape index (κ2) is 8.84. The Labute approximate surface area is 178 Å². The molecule has 2 unspecified atom stereocenters. The number of amides is 2. The number of H-pyrrole nitrogens is 1. The first-order valence-corrected chi connectivity index (χ1v) is 10.1. The second-order valence-corrected chi connectivity index (χ2v) is 7.48. The van der Waals surface area contributed by atoms with Crippen LogP contribution in [-0.4, -0.2) is 64.8 Å². The van der Waals surface area contributed by atoms with Gasteiger partial charge in [0.05, 0.1) is 29.6 Å². The number of rotatable bonds is 6. The molecular weight excluding hydrogens is 406 g/mol. The third-order valence-electron chi connectivity index (χ3n) is 5.49. The number of anilines is 1. The number of pyridine rings is 1. The van der Waals surface area contributed by atoms with E-state index in [0.29, 0.717) is 35.8 Å². The number of alkyl halides is 2. The molecule has 0 saturated carbocycles. The average Bonchev–Trinajstić information content (AvgIpc) is 3.29.